The van der Waals surface area contributed by atoms with Crippen molar-refractivity contribution in [3.8, 4) is 11.5 Å². The highest BCUT2D eigenvalue weighted by molar-refractivity contribution is 7.91. The number of nitrogens with one attached hydrogen (secondary N) is 2. The van der Waals surface area contributed by atoms with Crippen molar-refractivity contribution in [2.75, 3.05) is 22.6 Å². The molecule has 1 saturated heterocycles. The maximum atomic E-state index is 11.7. The van der Waals surface area contributed by atoms with Crippen molar-refractivity contribution < 1.29 is 13.2 Å². The quantitative estimate of drug-likeness (QED) is 0.545. The summed E-state index contributed by atoms with van der Waals surface area (Å²) in [5, 5.41) is 6.59. The summed E-state index contributed by atoms with van der Waals surface area (Å²) in [5.74, 6) is 1.67. The van der Waals surface area contributed by atoms with Crippen LogP contribution >= 0.6 is 12.2 Å². The van der Waals surface area contributed by atoms with Crippen LogP contribution in [0.5, 0.6) is 11.5 Å². The highest BCUT2D eigenvalue weighted by Gasteiger charge is 2.38. The first-order chi connectivity index (χ1) is 12.2. The molecule has 0 aromatic heterocycles. The third-order valence-corrected chi connectivity index (χ3v) is 6.25. The van der Waals surface area contributed by atoms with E-state index in [1.807, 2.05) is 31.2 Å². The average Bonchev–Trinajstić information content (AvgIpc) is 2.84. The Balaban J connectivity index is 1.57. The summed E-state index contributed by atoms with van der Waals surface area (Å²) in [6, 6.07) is 14.5. The molecule has 3 rings (SSSR count). The van der Waals surface area contributed by atoms with Crippen LogP contribution in [-0.4, -0.2) is 30.6 Å². The molecule has 0 saturated carbocycles. The summed E-state index contributed by atoms with van der Waals surface area (Å²) in [7, 11) is -2.98. The minimum Gasteiger partial charge on any atom is -0.457 e. The molecular formula is C18H21N3O3S2. The molecule has 0 radical (unpaired) electrons. The number of hydrogen-bond acceptors (Lipinski definition) is 5. The normalized spacial score (nSPS) is 21.1. The minimum absolute atomic E-state index is 0.0934. The van der Waals surface area contributed by atoms with Gasteiger partial charge in [0.25, 0.3) is 0 Å². The van der Waals surface area contributed by atoms with E-state index in [0.29, 0.717) is 28.7 Å². The molecule has 26 heavy (non-hydrogen) atoms. The van der Waals surface area contributed by atoms with E-state index < -0.39 is 15.4 Å². The van der Waals surface area contributed by atoms with E-state index in [1.165, 1.54) is 0 Å². The van der Waals surface area contributed by atoms with Crippen molar-refractivity contribution in [2.45, 2.75) is 18.9 Å². The Kier molecular flexibility index (Phi) is 5.06. The van der Waals surface area contributed by atoms with Crippen LogP contribution in [0.15, 0.2) is 48.5 Å². The van der Waals surface area contributed by atoms with Gasteiger partial charge in [-0.25, -0.2) is 8.42 Å². The standard InChI is InChI=1S/C18H21N3O3S2/c1-18(10-11-26(22,23)12-18)21-17(25)20-14-4-8-16(9-5-14)24-15-6-2-13(19)3-7-15/h2-9H,10-12,19H2,1H3,(H2,20,21,25). The van der Waals surface area contributed by atoms with E-state index in [2.05, 4.69) is 10.6 Å². The van der Waals surface area contributed by atoms with Crippen molar-refractivity contribution in [1.82, 2.24) is 5.32 Å². The van der Waals surface area contributed by atoms with Gasteiger partial charge in [0.15, 0.2) is 14.9 Å². The second-order valence-corrected chi connectivity index (χ2v) is 9.27. The lowest BCUT2D eigenvalue weighted by Gasteiger charge is -2.26. The van der Waals surface area contributed by atoms with Crippen LogP contribution in [0.3, 0.4) is 0 Å². The van der Waals surface area contributed by atoms with Gasteiger partial charge < -0.3 is 21.1 Å². The molecule has 2 aromatic carbocycles. The Morgan fingerprint density at radius 2 is 1.69 bits per heavy atom. The summed E-state index contributed by atoms with van der Waals surface area (Å²) in [6.07, 6.45) is 0.547. The Labute approximate surface area is 158 Å². The Morgan fingerprint density at radius 1 is 1.12 bits per heavy atom. The Morgan fingerprint density at radius 3 is 2.23 bits per heavy atom. The second kappa shape index (κ2) is 7.13. The van der Waals surface area contributed by atoms with Gasteiger partial charge in [-0.15, -0.1) is 0 Å². The molecule has 1 fully saturated rings. The lowest BCUT2D eigenvalue weighted by Crippen LogP contribution is -2.48. The monoisotopic (exact) mass is 391 g/mol. The maximum Gasteiger partial charge on any atom is 0.171 e. The summed E-state index contributed by atoms with van der Waals surface area (Å²) in [6.45, 7) is 1.87. The van der Waals surface area contributed by atoms with Gasteiger partial charge in [-0.2, -0.15) is 0 Å². The molecule has 6 nitrogen and oxygen atoms in total. The van der Waals surface area contributed by atoms with Crippen LogP contribution in [0.2, 0.25) is 0 Å². The summed E-state index contributed by atoms with van der Waals surface area (Å²) in [5.41, 5.74) is 6.60. The zero-order chi connectivity index (χ0) is 18.8. The molecule has 0 bridgehead atoms. The number of anilines is 2. The number of thiocarbonyl (C=S) groups is 1. The fourth-order valence-corrected chi connectivity index (χ4v) is 5.28. The van der Waals surface area contributed by atoms with E-state index in [-0.39, 0.29) is 11.5 Å². The van der Waals surface area contributed by atoms with Crippen molar-refractivity contribution in [3.63, 3.8) is 0 Å². The number of rotatable bonds is 4. The average molecular weight is 392 g/mol. The molecule has 1 atom stereocenters. The molecule has 8 heteroatoms. The molecule has 138 valence electrons. The molecule has 1 aliphatic heterocycles. The van der Waals surface area contributed by atoms with Gasteiger partial charge in [-0.3, -0.25) is 0 Å². The van der Waals surface area contributed by atoms with Gasteiger partial charge in [-0.1, -0.05) is 0 Å². The third kappa shape index (κ3) is 4.86. The molecule has 4 N–H and O–H groups in total. The summed E-state index contributed by atoms with van der Waals surface area (Å²) >= 11 is 5.31. The SMILES string of the molecule is CC1(NC(=S)Nc2ccc(Oc3ccc(N)cc3)cc2)CCS(=O)(=O)C1. The van der Waals surface area contributed by atoms with Crippen molar-refractivity contribution >= 4 is 38.5 Å². The number of nitrogen functional groups attached to an aromatic ring is 1. The molecule has 0 spiro atoms. The van der Waals surface area contributed by atoms with Crippen LogP contribution in [0, 0.1) is 0 Å². The zero-order valence-corrected chi connectivity index (χ0v) is 16.0. The fraction of sp³-hybridized carbons (Fsp3) is 0.278. The molecule has 1 aliphatic rings. The number of sulfone groups is 1. The van der Waals surface area contributed by atoms with E-state index in [9.17, 15) is 8.42 Å². The first-order valence-corrected chi connectivity index (χ1v) is 10.4. The van der Waals surface area contributed by atoms with Gasteiger partial charge in [0.05, 0.1) is 17.0 Å². The van der Waals surface area contributed by atoms with Crippen LogP contribution in [0.25, 0.3) is 0 Å². The van der Waals surface area contributed by atoms with Crippen LogP contribution < -0.4 is 21.1 Å². The van der Waals surface area contributed by atoms with Crippen LogP contribution in [0.4, 0.5) is 11.4 Å². The number of ether oxygens (including phenoxy) is 1. The van der Waals surface area contributed by atoms with Crippen molar-refractivity contribution in [1.29, 1.82) is 0 Å². The molecule has 1 heterocycles. The topological polar surface area (TPSA) is 93.4 Å². The Bertz CT molecular complexity index is 896. The molecule has 2 aromatic rings. The van der Waals surface area contributed by atoms with Crippen LogP contribution in [-0.2, 0) is 9.84 Å². The van der Waals surface area contributed by atoms with E-state index in [0.717, 1.165) is 5.69 Å². The molecule has 0 aliphatic carbocycles. The predicted octanol–water partition coefficient (Wildman–Crippen LogP) is 2.92. The van der Waals surface area contributed by atoms with Gasteiger partial charge >= 0.3 is 0 Å². The highest BCUT2D eigenvalue weighted by Crippen LogP contribution is 2.25. The minimum atomic E-state index is -2.98. The lowest BCUT2D eigenvalue weighted by atomic mass is 10.0. The zero-order valence-electron chi connectivity index (χ0n) is 14.4. The van der Waals surface area contributed by atoms with E-state index in [4.69, 9.17) is 22.7 Å². The van der Waals surface area contributed by atoms with E-state index in [1.54, 1.807) is 24.3 Å². The molecule has 1 unspecified atom stereocenters. The smallest absolute Gasteiger partial charge is 0.171 e. The third-order valence-electron chi connectivity index (χ3n) is 4.15. The number of hydrogen-bond donors (Lipinski definition) is 3. The van der Waals surface area contributed by atoms with Gasteiger partial charge in [0.2, 0.25) is 0 Å². The highest BCUT2D eigenvalue weighted by atomic mass is 32.2. The Hall–Kier alpha value is -2.32. The van der Waals surface area contributed by atoms with Crippen LogP contribution in [0.1, 0.15) is 13.3 Å². The number of benzene rings is 2. The first-order valence-electron chi connectivity index (χ1n) is 8.16. The van der Waals surface area contributed by atoms with Crippen molar-refractivity contribution in [3.05, 3.63) is 48.5 Å². The van der Waals surface area contributed by atoms with Crippen molar-refractivity contribution in [2.24, 2.45) is 0 Å². The fourth-order valence-electron chi connectivity index (χ4n) is 2.82. The van der Waals surface area contributed by atoms with E-state index >= 15 is 0 Å². The maximum absolute atomic E-state index is 11.7. The largest absolute Gasteiger partial charge is 0.457 e. The molecular weight excluding hydrogens is 370 g/mol. The first kappa shape index (κ1) is 18.5. The lowest BCUT2D eigenvalue weighted by molar-refractivity contribution is 0.474. The van der Waals surface area contributed by atoms with Gasteiger partial charge in [0, 0.05) is 11.4 Å². The molecule has 0 amide bonds. The second-order valence-electron chi connectivity index (χ2n) is 6.68. The number of nitrogens with two attached hydrogens (primary N) is 1. The predicted molar refractivity (Wildman–Crippen MR) is 108 cm³/mol. The summed E-state index contributed by atoms with van der Waals surface area (Å²) < 4.78 is 29.1. The van der Waals surface area contributed by atoms with Gasteiger partial charge in [-0.05, 0) is 74.1 Å². The summed E-state index contributed by atoms with van der Waals surface area (Å²) in [4.78, 5) is 0. The van der Waals surface area contributed by atoms with Gasteiger partial charge in [0.1, 0.15) is 11.5 Å².